The third-order valence-corrected chi connectivity index (χ3v) is 7.98. The molecule has 2 aliphatic rings. The molecule has 2 aromatic rings. The molecule has 0 unspecified atom stereocenters. The summed E-state index contributed by atoms with van der Waals surface area (Å²) in [4.78, 5) is 26.2. The Morgan fingerprint density at radius 2 is 1.79 bits per heavy atom. The first-order chi connectivity index (χ1) is 18.4. The second kappa shape index (κ2) is 13.3. The van der Waals surface area contributed by atoms with Gasteiger partial charge < -0.3 is 25.8 Å². The summed E-state index contributed by atoms with van der Waals surface area (Å²) in [6, 6.07) is 18.3. The Bertz CT molecular complexity index is 1070. The minimum Gasteiger partial charge on any atom is -0.491 e. The summed E-state index contributed by atoms with van der Waals surface area (Å²) < 4.78 is 6.12. The molecule has 1 saturated carbocycles. The molecule has 1 saturated heterocycles. The molecule has 1 aliphatic carbocycles. The minimum absolute atomic E-state index is 0.0393. The lowest BCUT2D eigenvalue weighted by Crippen LogP contribution is -2.38. The molecule has 0 aromatic heterocycles. The molecule has 1 heterocycles. The minimum atomic E-state index is -0.936. The number of rotatable bonds is 12. The van der Waals surface area contributed by atoms with Gasteiger partial charge in [-0.2, -0.15) is 0 Å². The molecule has 8 nitrogen and oxygen atoms in total. The average molecular weight is 521 g/mol. The molecular weight excluding hydrogens is 480 g/mol. The van der Waals surface area contributed by atoms with Crippen molar-refractivity contribution in [1.82, 2.24) is 10.2 Å². The van der Waals surface area contributed by atoms with Crippen LogP contribution in [0, 0.1) is 17.2 Å². The summed E-state index contributed by atoms with van der Waals surface area (Å²) in [5.74, 6) is 0.409. The van der Waals surface area contributed by atoms with E-state index in [1.807, 2.05) is 35.2 Å². The fraction of sp³-hybridized carbons (Fsp3) is 0.500. The number of guanidine groups is 1. The second-order valence-electron chi connectivity index (χ2n) is 10.7. The molecule has 1 aliphatic heterocycles. The molecule has 2 fully saturated rings. The SMILES string of the molecule is N=C(N)NCC1CCC(c2ccc(OC[C@@H]3C[C@@H](CC(=O)O)C(=O)N3CCCc3ccccc3)cc2)CC1. The highest BCUT2D eigenvalue weighted by atomic mass is 16.5. The summed E-state index contributed by atoms with van der Waals surface area (Å²) in [6.07, 6.45) is 6.57. The molecule has 0 spiro atoms. The van der Waals surface area contributed by atoms with Gasteiger partial charge in [0.15, 0.2) is 5.96 Å². The van der Waals surface area contributed by atoms with E-state index in [4.69, 9.17) is 15.9 Å². The molecule has 2 aromatic carbocycles. The number of nitrogens with two attached hydrogens (primary N) is 1. The largest absolute Gasteiger partial charge is 0.491 e. The van der Waals surface area contributed by atoms with Gasteiger partial charge in [0.2, 0.25) is 5.91 Å². The van der Waals surface area contributed by atoms with E-state index >= 15 is 0 Å². The zero-order chi connectivity index (χ0) is 26.9. The molecule has 4 rings (SSSR count). The molecule has 0 bridgehead atoms. The number of hydrogen-bond acceptors (Lipinski definition) is 4. The van der Waals surface area contributed by atoms with Crippen LogP contribution in [0.5, 0.6) is 5.75 Å². The molecule has 5 N–H and O–H groups in total. The van der Waals surface area contributed by atoms with E-state index in [9.17, 15) is 14.7 Å². The van der Waals surface area contributed by atoms with Crippen molar-refractivity contribution in [2.24, 2.45) is 17.6 Å². The van der Waals surface area contributed by atoms with Gasteiger partial charge in [-0.05, 0) is 80.0 Å². The number of likely N-dealkylation sites (tertiary alicyclic amines) is 1. The predicted octanol–water partition coefficient (Wildman–Crippen LogP) is 4.15. The zero-order valence-electron chi connectivity index (χ0n) is 22.0. The Morgan fingerprint density at radius 1 is 1.08 bits per heavy atom. The predicted molar refractivity (Wildman–Crippen MR) is 147 cm³/mol. The number of carbonyl (C=O) groups is 2. The normalized spacial score (nSPS) is 23.3. The van der Waals surface area contributed by atoms with E-state index in [1.54, 1.807) is 0 Å². The third kappa shape index (κ3) is 7.73. The third-order valence-electron chi connectivity index (χ3n) is 7.98. The Morgan fingerprint density at radius 3 is 2.45 bits per heavy atom. The first-order valence-electron chi connectivity index (χ1n) is 13.8. The number of aryl methyl sites for hydroxylation is 1. The van der Waals surface area contributed by atoms with Crippen LogP contribution in [-0.4, -0.2) is 53.6 Å². The van der Waals surface area contributed by atoms with Crippen LogP contribution in [-0.2, 0) is 16.0 Å². The van der Waals surface area contributed by atoms with Crippen LogP contribution in [0.1, 0.15) is 62.0 Å². The van der Waals surface area contributed by atoms with Crippen LogP contribution in [0.3, 0.4) is 0 Å². The van der Waals surface area contributed by atoms with Gasteiger partial charge in [-0.15, -0.1) is 0 Å². The van der Waals surface area contributed by atoms with Crippen molar-refractivity contribution in [3.63, 3.8) is 0 Å². The van der Waals surface area contributed by atoms with Crippen molar-refractivity contribution < 1.29 is 19.4 Å². The summed E-state index contributed by atoms with van der Waals surface area (Å²) in [7, 11) is 0. The van der Waals surface area contributed by atoms with Crippen LogP contribution in [0.15, 0.2) is 54.6 Å². The lowest BCUT2D eigenvalue weighted by atomic mass is 9.78. The number of benzene rings is 2. The summed E-state index contributed by atoms with van der Waals surface area (Å²) in [5.41, 5.74) is 7.95. The van der Waals surface area contributed by atoms with Crippen molar-refractivity contribution in [2.75, 3.05) is 19.7 Å². The Hall–Kier alpha value is -3.55. The maximum absolute atomic E-state index is 13.0. The summed E-state index contributed by atoms with van der Waals surface area (Å²) >= 11 is 0. The number of ether oxygens (including phenoxy) is 1. The maximum atomic E-state index is 13.0. The van der Waals surface area contributed by atoms with E-state index in [-0.39, 0.29) is 24.3 Å². The standard InChI is InChI=1S/C30H40N4O4/c31-30(32)33-19-22-8-10-23(11-9-22)24-12-14-27(15-13-24)38-20-26-17-25(18-28(35)36)29(37)34(26)16-4-7-21-5-2-1-3-6-21/h1-3,5-6,12-15,22-23,25-26H,4,7-11,16-20H2,(H,35,36)(H4,31,32,33)/t22?,23?,25-,26-/m0/s1. The molecule has 2 atom stereocenters. The summed E-state index contributed by atoms with van der Waals surface area (Å²) in [5, 5.41) is 19.5. The van der Waals surface area contributed by atoms with Gasteiger partial charge in [-0.1, -0.05) is 42.5 Å². The molecule has 38 heavy (non-hydrogen) atoms. The van der Waals surface area contributed by atoms with Gasteiger partial charge >= 0.3 is 5.97 Å². The van der Waals surface area contributed by atoms with Crippen LogP contribution >= 0.6 is 0 Å². The number of carbonyl (C=O) groups excluding carboxylic acids is 1. The van der Waals surface area contributed by atoms with Gasteiger partial charge in [-0.3, -0.25) is 15.0 Å². The average Bonchev–Trinajstić information content (AvgIpc) is 3.21. The molecule has 1 amide bonds. The number of amides is 1. The topological polar surface area (TPSA) is 129 Å². The molecule has 204 valence electrons. The molecule has 0 radical (unpaired) electrons. The highest BCUT2D eigenvalue weighted by Crippen LogP contribution is 2.36. The van der Waals surface area contributed by atoms with Gasteiger partial charge in [0.25, 0.3) is 0 Å². The first-order valence-corrected chi connectivity index (χ1v) is 13.8. The quantitative estimate of drug-likeness (QED) is 0.246. The number of nitrogens with one attached hydrogen (secondary N) is 2. The molecule has 8 heteroatoms. The first kappa shape index (κ1) is 27.5. The second-order valence-corrected chi connectivity index (χ2v) is 10.7. The van der Waals surface area contributed by atoms with Crippen molar-refractivity contribution in [3.05, 3.63) is 65.7 Å². The smallest absolute Gasteiger partial charge is 0.304 e. The lowest BCUT2D eigenvalue weighted by Gasteiger charge is -2.29. The van der Waals surface area contributed by atoms with Gasteiger partial charge in [0.05, 0.1) is 18.4 Å². The van der Waals surface area contributed by atoms with Crippen LogP contribution in [0.4, 0.5) is 0 Å². The van der Waals surface area contributed by atoms with Crippen molar-refractivity contribution in [1.29, 1.82) is 5.41 Å². The van der Waals surface area contributed by atoms with Crippen LogP contribution in [0.2, 0.25) is 0 Å². The van der Waals surface area contributed by atoms with E-state index in [1.165, 1.54) is 11.1 Å². The van der Waals surface area contributed by atoms with Crippen LogP contribution < -0.4 is 15.8 Å². The highest BCUT2D eigenvalue weighted by Gasteiger charge is 2.40. The van der Waals surface area contributed by atoms with E-state index in [0.717, 1.165) is 50.8 Å². The number of carboxylic acids is 1. The monoisotopic (exact) mass is 520 g/mol. The summed E-state index contributed by atoms with van der Waals surface area (Å²) in [6.45, 7) is 1.73. The lowest BCUT2D eigenvalue weighted by molar-refractivity contribution is -0.142. The number of nitrogens with zero attached hydrogens (tertiary/aromatic N) is 1. The van der Waals surface area contributed by atoms with Crippen molar-refractivity contribution in [2.45, 2.75) is 63.3 Å². The zero-order valence-corrected chi connectivity index (χ0v) is 22.0. The van der Waals surface area contributed by atoms with Gasteiger partial charge in [-0.25, -0.2) is 0 Å². The van der Waals surface area contributed by atoms with E-state index < -0.39 is 11.9 Å². The number of carboxylic acid groups (broad SMARTS) is 1. The van der Waals surface area contributed by atoms with E-state index in [0.29, 0.717) is 31.4 Å². The maximum Gasteiger partial charge on any atom is 0.304 e. The van der Waals surface area contributed by atoms with E-state index in [2.05, 4.69) is 29.6 Å². The molecular formula is C30H40N4O4. The number of hydrogen-bond donors (Lipinski definition) is 4. The Labute approximate surface area is 225 Å². The van der Waals surface area contributed by atoms with Crippen molar-refractivity contribution in [3.8, 4) is 5.75 Å². The fourth-order valence-electron chi connectivity index (χ4n) is 5.88. The van der Waals surface area contributed by atoms with Crippen molar-refractivity contribution >= 4 is 17.8 Å². The van der Waals surface area contributed by atoms with Gasteiger partial charge in [0.1, 0.15) is 12.4 Å². The Kier molecular flexibility index (Phi) is 9.62. The Balaban J connectivity index is 1.29. The van der Waals surface area contributed by atoms with Crippen LogP contribution in [0.25, 0.3) is 0 Å². The fourth-order valence-corrected chi connectivity index (χ4v) is 5.88. The number of aliphatic carboxylic acids is 1. The van der Waals surface area contributed by atoms with Gasteiger partial charge in [0, 0.05) is 13.1 Å². The highest BCUT2D eigenvalue weighted by molar-refractivity contribution is 5.85.